The minimum Gasteiger partial charge on any atom is -0.397 e. The van der Waals surface area contributed by atoms with Crippen LogP contribution in [0, 0.1) is 0 Å². The summed E-state index contributed by atoms with van der Waals surface area (Å²) in [5, 5.41) is 5.40. The second kappa shape index (κ2) is 4.76. The van der Waals surface area contributed by atoms with Crippen molar-refractivity contribution in [1.82, 2.24) is 19.3 Å². The first-order valence-corrected chi connectivity index (χ1v) is 6.49. The van der Waals surface area contributed by atoms with Gasteiger partial charge in [0.25, 0.3) is 0 Å². The van der Waals surface area contributed by atoms with E-state index in [1.165, 1.54) is 0 Å². The van der Waals surface area contributed by atoms with Gasteiger partial charge in [0.1, 0.15) is 12.2 Å². The number of anilines is 1. The molecule has 0 saturated carbocycles. The van der Waals surface area contributed by atoms with Gasteiger partial charge < -0.3 is 10.3 Å². The fourth-order valence-electron chi connectivity index (χ4n) is 2.38. The Labute approximate surface area is 111 Å². The molecule has 0 aliphatic heterocycles. The zero-order valence-electron chi connectivity index (χ0n) is 11.0. The summed E-state index contributed by atoms with van der Waals surface area (Å²) < 4.78 is 4.08. The van der Waals surface area contributed by atoms with Gasteiger partial charge in [-0.05, 0) is 18.6 Å². The van der Waals surface area contributed by atoms with Crippen LogP contribution in [0.2, 0.25) is 0 Å². The maximum Gasteiger partial charge on any atom is 0.146 e. The molecule has 0 unspecified atom stereocenters. The SMILES string of the molecule is CCCn1ncnc1Cn1ccc2cccc(N)c21. The van der Waals surface area contributed by atoms with Gasteiger partial charge in [-0.1, -0.05) is 19.1 Å². The van der Waals surface area contributed by atoms with E-state index in [4.69, 9.17) is 5.73 Å². The minimum absolute atomic E-state index is 0.692. The zero-order valence-corrected chi connectivity index (χ0v) is 11.0. The lowest BCUT2D eigenvalue weighted by atomic mass is 10.2. The summed E-state index contributed by atoms with van der Waals surface area (Å²) in [4.78, 5) is 4.34. The Morgan fingerprint density at radius 2 is 2.16 bits per heavy atom. The van der Waals surface area contributed by atoms with Crippen molar-refractivity contribution in [3.8, 4) is 0 Å². The summed E-state index contributed by atoms with van der Waals surface area (Å²) in [5.41, 5.74) is 7.92. The van der Waals surface area contributed by atoms with Crippen LogP contribution < -0.4 is 5.73 Å². The number of fused-ring (bicyclic) bond motifs is 1. The second-order valence-electron chi connectivity index (χ2n) is 4.63. The fraction of sp³-hybridized carbons (Fsp3) is 0.286. The molecule has 0 radical (unpaired) electrons. The van der Waals surface area contributed by atoms with Gasteiger partial charge in [-0.15, -0.1) is 0 Å². The van der Waals surface area contributed by atoms with Gasteiger partial charge in [-0.25, -0.2) is 9.67 Å². The van der Waals surface area contributed by atoms with Crippen LogP contribution >= 0.6 is 0 Å². The number of rotatable bonds is 4. The summed E-state index contributed by atoms with van der Waals surface area (Å²) in [5.74, 6) is 0.961. The molecule has 0 aliphatic carbocycles. The first kappa shape index (κ1) is 11.8. The molecule has 1 aromatic carbocycles. The van der Waals surface area contributed by atoms with E-state index in [0.717, 1.165) is 35.4 Å². The number of nitrogen functional groups attached to an aromatic ring is 1. The van der Waals surface area contributed by atoms with E-state index >= 15 is 0 Å². The number of benzene rings is 1. The van der Waals surface area contributed by atoms with Crippen molar-refractivity contribution in [3.05, 3.63) is 42.6 Å². The standard InChI is InChI=1S/C14H17N5/c1-2-7-19-13(16-10-17-19)9-18-8-6-11-4-3-5-12(15)14(11)18/h3-6,8,10H,2,7,9,15H2,1H3. The van der Waals surface area contributed by atoms with Crippen LogP contribution in [-0.4, -0.2) is 19.3 Å². The molecule has 98 valence electrons. The molecule has 5 heteroatoms. The molecule has 2 N–H and O–H groups in total. The van der Waals surface area contributed by atoms with E-state index in [9.17, 15) is 0 Å². The first-order chi connectivity index (χ1) is 9.29. The lowest BCUT2D eigenvalue weighted by molar-refractivity contribution is 0.557. The second-order valence-corrected chi connectivity index (χ2v) is 4.63. The van der Waals surface area contributed by atoms with Gasteiger partial charge in [0, 0.05) is 18.1 Å². The third-order valence-electron chi connectivity index (χ3n) is 3.26. The van der Waals surface area contributed by atoms with E-state index in [1.54, 1.807) is 6.33 Å². The van der Waals surface area contributed by atoms with Crippen molar-refractivity contribution in [2.24, 2.45) is 0 Å². The normalized spacial score (nSPS) is 11.2. The molecular weight excluding hydrogens is 238 g/mol. The molecule has 0 bridgehead atoms. The maximum atomic E-state index is 6.06. The number of hydrogen-bond acceptors (Lipinski definition) is 3. The highest BCUT2D eigenvalue weighted by Gasteiger charge is 2.08. The number of nitrogens with zero attached hydrogens (tertiary/aromatic N) is 4. The third-order valence-corrected chi connectivity index (χ3v) is 3.26. The Kier molecular flexibility index (Phi) is 2.95. The molecule has 0 saturated heterocycles. The van der Waals surface area contributed by atoms with Crippen molar-refractivity contribution >= 4 is 16.6 Å². The van der Waals surface area contributed by atoms with Gasteiger partial charge in [0.05, 0.1) is 17.7 Å². The van der Waals surface area contributed by atoms with Crippen molar-refractivity contribution in [2.75, 3.05) is 5.73 Å². The van der Waals surface area contributed by atoms with Crippen LogP contribution in [0.1, 0.15) is 19.2 Å². The Morgan fingerprint density at radius 1 is 1.26 bits per heavy atom. The van der Waals surface area contributed by atoms with Gasteiger partial charge >= 0.3 is 0 Å². The molecule has 0 amide bonds. The van der Waals surface area contributed by atoms with Crippen LogP contribution in [0.25, 0.3) is 10.9 Å². The summed E-state index contributed by atoms with van der Waals surface area (Å²) in [6.45, 7) is 3.72. The maximum absolute atomic E-state index is 6.06. The van der Waals surface area contributed by atoms with Crippen LogP contribution in [-0.2, 0) is 13.1 Å². The van der Waals surface area contributed by atoms with E-state index < -0.39 is 0 Å². The Morgan fingerprint density at radius 3 is 3.00 bits per heavy atom. The Hall–Kier alpha value is -2.30. The molecule has 0 fully saturated rings. The molecule has 0 aliphatic rings. The minimum atomic E-state index is 0.692. The van der Waals surface area contributed by atoms with Crippen molar-refractivity contribution in [2.45, 2.75) is 26.4 Å². The monoisotopic (exact) mass is 255 g/mol. The molecule has 5 nitrogen and oxygen atoms in total. The van der Waals surface area contributed by atoms with Gasteiger partial charge in [0.15, 0.2) is 0 Å². The molecule has 3 rings (SSSR count). The predicted molar refractivity (Wildman–Crippen MR) is 75.8 cm³/mol. The summed E-state index contributed by atoms with van der Waals surface area (Å²) in [7, 11) is 0. The molecule has 0 spiro atoms. The molecule has 2 aromatic heterocycles. The van der Waals surface area contributed by atoms with Crippen LogP contribution in [0.5, 0.6) is 0 Å². The van der Waals surface area contributed by atoms with Gasteiger partial charge in [-0.2, -0.15) is 5.10 Å². The van der Waals surface area contributed by atoms with E-state index in [1.807, 2.05) is 23.0 Å². The lowest BCUT2D eigenvalue weighted by Crippen LogP contribution is -2.09. The van der Waals surface area contributed by atoms with Crippen LogP contribution in [0.3, 0.4) is 0 Å². The third kappa shape index (κ3) is 2.07. The van der Waals surface area contributed by atoms with Crippen LogP contribution in [0.15, 0.2) is 36.8 Å². The zero-order chi connectivity index (χ0) is 13.2. The average Bonchev–Trinajstić information content (AvgIpc) is 3.00. The van der Waals surface area contributed by atoms with Crippen molar-refractivity contribution in [3.63, 3.8) is 0 Å². The topological polar surface area (TPSA) is 61.7 Å². The quantitative estimate of drug-likeness (QED) is 0.727. The number of hydrogen-bond donors (Lipinski definition) is 1. The van der Waals surface area contributed by atoms with E-state index in [2.05, 4.69) is 33.7 Å². The molecule has 3 aromatic rings. The smallest absolute Gasteiger partial charge is 0.146 e. The summed E-state index contributed by atoms with van der Waals surface area (Å²) in [6.07, 6.45) is 4.71. The highest BCUT2D eigenvalue weighted by atomic mass is 15.3. The predicted octanol–water partition coefficient (Wildman–Crippen LogP) is 2.27. The molecular formula is C14H17N5. The van der Waals surface area contributed by atoms with Crippen LogP contribution in [0.4, 0.5) is 5.69 Å². The summed E-state index contributed by atoms with van der Waals surface area (Å²) >= 11 is 0. The number of nitrogens with two attached hydrogens (primary N) is 1. The van der Waals surface area contributed by atoms with E-state index in [0.29, 0.717) is 6.54 Å². The highest BCUT2D eigenvalue weighted by molar-refractivity contribution is 5.90. The largest absolute Gasteiger partial charge is 0.397 e. The summed E-state index contributed by atoms with van der Waals surface area (Å²) in [6, 6.07) is 8.04. The first-order valence-electron chi connectivity index (χ1n) is 6.49. The highest BCUT2D eigenvalue weighted by Crippen LogP contribution is 2.22. The number of para-hydroxylation sites is 1. The van der Waals surface area contributed by atoms with Gasteiger partial charge in [0.2, 0.25) is 0 Å². The molecule has 2 heterocycles. The number of aromatic nitrogens is 4. The van der Waals surface area contributed by atoms with Crippen molar-refractivity contribution in [1.29, 1.82) is 0 Å². The fourth-order valence-corrected chi connectivity index (χ4v) is 2.38. The van der Waals surface area contributed by atoms with E-state index in [-0.39, 0.29) is 0 Å². The lowest BCUT2D eigenvalue weighted by Gasteiger charge is -2.08. The average molecular weight is 255 g/mol. The molecule has 0 atom stereocenters. The molecule has 19 heavy (non-hydrogen) atoms. The van der Waals surface area contributed by atoms with Gasteiger partial charge in [-0.3, -0.25) is 0 Å². The number of aryl methyl sites for hydroxylation is 1. The Balaban J connectivity index is 1.99. The van der Waals surface area contributed by atoms with Crippen molar-refractivity contribution < 1.29 is 0 Å². The Bertz CT molecular complexity index is 695.